The molecule has 0 spiro atoms. The van der Waals surface area contributed by atoms with Gasteiger partial charge in [-0.3, -0.25) is 9.59 Å². The molecule has 1 saturated heterocycles. The number of nitriles is 1. The van der Waals surface area contributed by atoms with E-state index in [-0.39, 0.29) is 6.61 Å². The summed E-state index contributed by atoms with van der Waals surface area (Å²) in [6.07, 6.45) is 1.80. The monoisotopic (exact) mass is 480 g/mol. The van der Waals surface area contributed by atoms with Crippen LogP contribution in [-0.2, 0) is 25.7 Å². The lowest BCUT2D eigenvalue weighted by atomic mass is 9.79. The van der Waals surface area contributed by atoms with Crippen LogP contribution in [0.15, 0.2) is 79.0 Å². The Balaban J connectivity index is 1.61. The van der Waals surface area contributed by atoms with Crippen LogP contribution in [0.2, 0.25) is 0 Å². The minimum absolute atomic E-state index is 0.147. The largest absolute Gasteiger partial charge is 0.489 e. The van der Waals surface area contributed by atoms with Gasteiger partial charge in [0, 0.05) is 48.0 Å². The maximum Gasteiger partial charge on any atom is 0.324 e. The zero-order valence-electron chi connectivity index (χ0n) is 19.9. The summed E-state index contributed by atoms with van der Waals surface area (Å²) in [6.45, 7) is 3.21. The van der Waals surface area contributed by atoms with Crippen LogP contribution in [-0.4, -0.2) is 22.7 Å². The fraction of sp³-hybridized carbons (Fsp3) is 0.207. The van der Waals surface area contributed by atoms with Crippen molar-refractivity contribution in [1.82, 2.24) is 4.98 Å². The highest BCUT2D eigenvalue weighted by Crippen LogP contribution is 2.43. The second-order valence-electron chi connectivity index (χ2n) is 9.08. The van der Waals surface area contributed by atoms with Gasteiger partial charge >= 0.3 is 11.9 Å². The number of cyclic esters (lactones) is 2. The number of rotatable bonds is 6. The maximum absolute atomic E-state index is 13.2. The highest BCUT2D eigenvalue weighted by molar-refractivity contribution is 5.99. The molecule has 0 unspecified atom stereocenters. The molecule has 7 heteroatoms. The lowest BCUT2D eigenvalue weighted by Gasteiger charge is -2.36. The number of carbonyl (C=O) groups is 2. The molecule has 1 aliphatic heterocycles. The lowest BCUT2D eigenvalue weighted by molar-refractivity contribution is -0.240. The molecule has 180 valence electrons. The highest BCUT2D eigenvalue weighted by atomic mass is 16.7. The van der Waals surface area contributed by atoms with Crippen LogP contribution in [0.1, 0.15) is 42.0 Å². The number of H-pyrrole nitrogens is 1. The summed E-state index contributed by atoms with van der Waals surface area (Å²) >= 11 is 0. The molecule has 1 N–H and O–H groups in total. The fourth-order valence-electron chi connectivity index (χ4n) is 4.66. The topological polar surface area (TPSA) is 101 Å². The van der Waals surface area contributed by atoms with Crippen molar-refractivity contribution in [1.29, 1.82) is 5.26 Å². The molecule has 4 aromatic rings. The molecule has 5 rings (SSSR count). The molecule has 3 aromatic carbocycles. The Hall–Kier alpha value is -4.57. The van der Waals surface area contributed by atoms with Crippen LogP contribution in [0.3, 0.4) is 0 Å². The van der Waals surface area contributed by atoms with Gasteiger partial charge < -0.3 is 19.2 Å². The van der Waals surface area contributed by atoms with Gasteiger partial charge in [-0.15, -0.1) is 0 Å². The number of hydrogen-bond acceptors (Lipinski definition) is 6. The molecule has 0 bridgehead atoms. The Morgan fingerprint density at radius 1 is 0.944 bits per heavy atom. The molecule has 0 amide bonds. The molecule has 1 fully saturated rings. The minimum atomic E-state index is -1.34. The second-order valence-corrected chi connectivity index (χ2v) is 9.08. The van der Waals surface area contributed by atoms with Gasteiger partial charge in [0.15, 0.2) is 5.92 Å². The van der Waals surface area contributed by atoms with Crippen LogP contribution in [0.25, 0.3) is 10.9 Å². The first-order valence-corrected chi connectivity index (χ1v) is 11.6. The van der Waals surface area contributed by atoms with Crippen molar-refractivity contribution in [2.24, 2.45) is 5.92 Å². The summed E-state index contributed by atoms with van der Waals surface area (Å²) in [5.74, 6) is -4.13. The van der Waals surface area contributed by atoms with Crippen LogP contribution >= 0.6 is 0 Å². The fourth-order valence-corrected chi connectivity index (χ4v) is 4.66. The van der Waals surface area contributed by atoms with Crippen LogP contribution in [0.5, 0.6) is 5.75 Å². The summed E-state index contributed by atoms with van der Waals surface area (Å²) in [6, 6.07) is 24.3. The zero-order valence-corrected chi connectivity index (χ0v) is 19.9. The van der Waals surface area contributed by atoms with E-state index in [1.807, 2.05) is 54.6 Å². The number of aromatic amines is 1. The van der Waals surface area contributed by atoms with Crippen molar-refractivity contribution < 1.29 is 23.8 Å². The standard InChI is InChI=1S/C29H24N2O5/c1-29(2)35-27(32)26(28(33)36-29)25(22-16-31-23-13-7-5-11-20(22)23)21-12-6-8-14-24(21)34-17-19-10-4-3-9-18(19)15-30/h3-14,16,25-26,31H,17H2,1-2H3/t25-/m0/s1. The van der Waals surface area contributed by atoms with Crippen molar-refractivity contribution in [2.45, 2.75) is 32.2 Å². The number of carbonyl (C=O) groups excluding carboxylic acids is 2. The Morgan fingerprint density at radius 3 is 2.39 bits per heavy atom. The molecule has 0 saturated carbocycles. The summed E-state index contributed by atoms with van der Waals surface area (Å²) in [5.41, 5.74) is 3.51. The molecule has 2 heterocycles. The van der Waals surface area contributed by atoms with Gasteiger partial charge in [-0.1, -0.05) is 54.6 Å². The average molecular weight is 481 g/mol. The van der Waals surface area contributed by atoms with E-state index in [0.29, 0.717) is 16.9 Å². The Kier molecular flexibility index (Phi) is 5.95. The van der Waals surface area contributed by atoms with Crippen molar-refractivity contribution >= 4 is 22.8 Å². The number of para-hydroxylation sites is 2. The van der Waals surface area contributed by atoms with Gasteiger partial charge in [0.05, 0.1) is 11.6 Å². The Morgan fingerprint density at radius 2 is 1.61 bits per heavy atom. The van der Waals surface area contributed by atoms with Crippen molar-refractivity contribution in [3.63, 3.8) is 0 Å². The number of ether oxygens (including phenoxy) is 3. The number of benzene rings is 3. The third-order valence-corrected chi connectivity index (χ3v) is 6.27. The van der Waals surface area contributed by atoms with Gasteiger partial charge in [-0.25, -0.2) is 0 Å². The highest BCUT2D eigenvalue weighted by Gasteiger charge is 2.49. The Labute approximate surface area is 208 Å². The van der Waals surface area contributed by atoms with E-state index in [1.165, 1.54) is 13.8 Å². The third-order valence-electron chi connectivity index (χ3n) is 6.27. The first kappa shape index (κ1) is 23.2. The summed E-state index contributed by atoms with van der Waals surface area (Å²) in [5, 5.41) is 10.3. The minimum Gasteiger partial charge on any atom is -0.489 e. The molecule has 1 aliphatic rings. The zero-order chi connectivity index (χ0) is 25.3. The van der Waals surface area contributed by atoms with Crippen LogP contribution in [0, 0.1) is 17.2 Å². The van der Waals surface area contributed by atoms with Gasteiger partial charge in [0.1, 0.15) is 12.4 Å². The van der Waals surface area contributed by atoms with Gasteiger partial charge in [0.25, 0.3) is 5.79 Å². The summed E-state index contributed by atoms with van der Waals surface area (Å²) in [7, 11) is 0. The third kappa shape index (κ3) is 4.29. The van der Waals surface area contributed by atoms with Gasteiger partial charge in [-0.2, -0.15) is 5.26 Å². The molecular weight excluding hydrogens is 456 g/mol. The van der Waals surface area contributed by atoms with Crippen LogP contribution < -0.4 is 4.74 Å². The SMILES string of the molecule is CC1(C)OC(=O)C([C@@H](c2ccccc2OCc2ccccc2C#N)c2c[nH]c3ccccc23)C(=O)O1. The Bertz CT molecular complexity index is 1480. The van der Waals surface area contributed by atoms with E-state index in [2.05, 4.69) is 11.1 Å². The van der Waals surface area contributed by atoms with E-state index in [4.69, 9.17) is 14.2 Å². The predicted octanol–water partition coefficient (Wildman–Crippen LogP) is 5.20. The summed E-state index contributed by atoms with van der Waals surface area (Å²) < 4.78 is 17.2. The molecule has 36 heavy (non-hydrogen) atoms. The van der Waals surface area contributed by atoms with E-state index in [0.717, 1.165) is 22.0 Å². The smallest absolute Gasteiger partial charge is 0.324 e. The van der Waals surface area contributed by atoms with Crippen LogP contribution in [0.4, 0.5) is 0 Å². The van der Waals surface area contributed by atoms with E-state index < -0.39 is 29.6 Å². The normalized spacial score (nSPS) is 16.1. The average Bonchev–Trinajstić information content (AvgIpc) is 3.28. The van der Waals surface area contributed by atoms with E-state index in [1.54, 1.807) is 24.4 Å². The molecular formula is C29H24N2O5. The predicted molar refractivity (Wildman–Crippen MR) is 132 cm³/mol. The number of nitrogens with zero attached hydrogens (tertiary/aromatic N) is 1. The van der Waals surface area contributed by atoms with Gasteiger partial charge in [-0.05, 0) is 23.8 Å². The quantitative estimate of drug-likeness (QED) is 0.301. The van der Waals surface area contributed by atoms with E-state index >= 15 is 0 Å². The van der Waals surface area contributed by atoms with E-state index in [9.17, 15) is 14.9 Å². The molecule has 0 aliphatic carbocycles. The number of hydrogen-bond donors (Lipinski definition) is 1. The molecule has 0 radical (unpaired) electrons. The van der Waals surface area contributed by atoms with Crippen molar-refractivity contribution in [3.05, 3.63) is 101 Å². The first-order valence-electron chi connectivity index (χ1n) is 11.6. The first-order chi connectivity index (χ1) is 17.4. The number of nitrogens with one attached hydrogen (secondary N) is 1. The van der Waals surface area contributed by atoms with Crippen molar-refractivity contribution in [3.8, 4) is 11.8 Å². The van der Waals surface area contributed by atoms with Gasteiger partial charge in [0.2, 0.25) is 0 Å². The second kappa shape index (κ2) is 9.23. The van der Waals surface area contributed by atoms with Crippen molar-refractivity contribution in [2.75, 3.05) is 0 Å². The summed E-state index contributed by atoms with van der Waals surface area (Å²) in [4.78, 5) is 29.7. The number of aromatic nitrogens is 1. The number of esters is 2. The molecule has 1 aromatic heterocycles. The maximum atomic E-state index is 13.2. The lowest BCUT2D eigenvalue weighted by Crippen LogP contribution is -2.48. The molecule has 7 nitrogen and oxygen atoms in total. The number of fused-ring (bicyclic) bond motifs is 1. The molecule has 1 atom stereocenters.